The van der Waals surface area contributed by atoms with Gasteiger partial charge >= 0.3 is 0 Å². The van der Waals surface area contributed by atoms with Gasteiger partial charge < -0.3 is 21.5 Å². The first-order valence-corrected chi connectivity index (χ1v) is 5.52. The summed E-state index contributed by atoms with van der Waals surface area (Å²) in [5.41, 5.74) is 5.35. The molecule has 4 heteroatoms. The second kappa shape index (κ2) is 6.82. The van der Waals surface area contributed by atoms with Crippen molar-refractivity contribution in [3.8, 4) is 0 Å². The SMILES string of the molecule is C=C(CNC)NC(CCCC)C(C)(N)O. The fourth-order valence-electron chi connectivity index (χ4n) is 1.43. The summed E-state index contributed by atoms with van der Waals surface area (Å²) in [5.74, 6) is 0. The smallest absolute Gasteiger partial charge is 0.130 e. The van der Waals surface area contributed by atoms with Gasteiger partial charge in [0, 0.05) is 12.2 Å². The van der Waals surface area contributed by atoms with Gasteiger partial charge in [-0.2, -0.15) is 0 Å². The van der Waals surface area contributed by atoms with Gasteiger partial charge in [0.05, 0.1) is 6.04 Å². The van der Waals surface area contributed by atoms with Crippen molar-refractivity contribution in [2.24, 2.45) is 5.73 Å². The molecular formula is C11H25N3O. The minimum atomic E-state index is -1.20. The highest BCUT2D eigenvalue weighted by Crippen LogP contribution is 2.11. The van der Waals surface area contributed by atoms with Crippen LogP contribution in [0.5, 0.6) is 0 Å². The van der Waals surface area contributed by atoms with Gasteiger partial charge in [-0.1, -0.05) is 26.3 Å². The monoisotopic (exact) mass is 215 g/mol. The molecule has 0 radical (unpaired) electrons. The molecule has 0 saturated heterocycles. The van der Waals surface area contributed by atoms with Gasteiger partial charge in [0.15, 0.2) is 0 Å². The average Bonchev–Trinajstić information content (AvgIpc) is 2.10. The van der Waals surface area contributed by atoms with E-state index in [1.165, 1.54) is 0 Å². The first-order chi connectivity index (χ1) is 6.91. The molecule has 0 aromatic rings. The first-order valence-electron chi connectivity index (χ1n) is 5.52. The van der Waals surface area contributed by atoms with E-state index < -0.39 is 5.72 Å². The Kier molecular flexibility index (Phi) is 6.56. The van der Waals surface area contributed by atoms with Crippen molar-refractivity contribution >= 4 is 0 Å². The van der Waals surface area contributed by atoms with E-state index in [2.05, 4.69) is 24.1 Å². The van der Waals surface area contributed by atoms with Crippen molar-refractivity contribution in [1.29, 1.82) is 0 Å². The summed E-state index contributed by atoms with van der Waals surface area (Å²) in [7, 11) is 1.86. The Labute approximate surface area is 92.9 Å². The maximum Gasteiger partial charge on any atom is 0.130 e. The fourth-order valence-corrected chi connectivity index (χ4v) is 1.43. The van der Waals surface area contributed by atoms with Crippen molar-refractivity contribution in [3.05, 3.63) is 12.3 Å². The van der Waals surface area contributed by atoms with Crippen LogP contribution in [0.3, 0.4) is 0 Å². The summed E-state index contributed by atoms with van der Waals surface area (Å²) < 4.78 is 0. The van der Waals surface area contributed by atoms with E-state index >= 15 is 0 Å². The number of hydrogen-bond acceptors (Lipinski definition) is 4. The number of nitrogens with two attached hydrogens (primary N) is 1. The van der Waals surface area contributed by atoms with Gasteiger partial charge in [-0.3, -0.25) is 0 Å². The molecule has 0 heterocycles. The summed E-state index contributed by atoms with van der Waals surface area (Å²) in [4.78, 5) is 0. The van der Waals surface area contributed by atoms with E-state index in [1.807, 2.05) is 7.05 Å². The predicted molar refractivity (Wildman–Crippen MR) is 64.3 cm³/mol. The van der Waals surface area contributed by atoms with Gasteiger partial charge in [0.2, 0.25) is 0 Å². The van der Waals surface area contributed by atoms with Crippen molar-refractivity contribution < 1.29 is 5.11 Å². The van der Waals surface area contributed by atoms with Crippen molar-refractivity contribution in [2.45, 2.75) is 44.9 Å². The van der Waals surface area contributed by atoms with Crippen LogP contribution in [0, 0.1) is 0 Å². The molecule has 0 amide bonds. The van der Waals surface area contributed by atoms with E-state index in [-0.39, 0.29) is 6.04 Å². The Balaban J connectivity index is 4.18. The molecular weight excluding hydrogens is 190 g/mol. The van der Waals surface area contributed by atoms with Crippen LogP contribution in [0.15, 0.2) is 12.3 Å². The number of unbranched alkanes of at least 4 members (excludes halogenated alkanes) is 1. The van der Waals surface area contributed by atoms with E-state index in [0.29, 0.717) is 6.54 Å². The Morgan fingerprint density at radius 2 is 2.20 bits per heavy atom. The fraction of sp³-hybridized carbons (Fsp3) is 0.818. The highest BCUT2D eigenvalue weighted by atomic mass is 16.3. The second-order valence-corrected chi connectivity index (χ2v) is 4.20. The molecule has 2 atom stereocenters. The van der Waals surface area contributed by atoms with Gasteiger partial charge in [-0.15, -0.1) is 0 Å². The van der Waals surface area contributed by atoms with Crippen LogP contribution in [0.2, 0.25) is 0 Å². The standard InChI is InChI=1S/C11H25N3O/c1-5-6-7-10(11(3,12)15)14-9(2)8-13-4/h10,13-15H,2,5-8,12H2,1,3-4H3. The number of aliphatic hydroxyl groups is 1. The third-order valence-electron chi connectivity index (χ3n) is 2.32. The van der Waals surface area contributed by atoms with E-state index in [4.69, 9.17) is 5.73 Å². The minimum Gasteiger partial charge on any atom is -0.381 e. The summed E-state index contributed by atoms with van der Waals surface area (Å²) in [6, 6.07) is -0.140. The van der Waals surface area contributed by atoms with Crippen molar-refractivity contribution in [3.63, 3.8) is 0 Å². The van der Waals surface area contributed by atoms with Crippen LogP contribution in [0.1, 0.15) is 33.1 Å². The Hall–Kier alpha value is -0.580. The minimum absolute atomic E-state index is 0.140. The molecule has 0 fully saturated rings. The average molecular weight is 215 g/mol. The largest absolute Gasteiger partial charge is 0.381 e. The lowest BCUT2D eigenvalue weighted by atomic mass is 10.0. The van der Waals surface area contributed by atoms with Gasteiger partial charge in [0.25, 0.3) is 0 Å². The molecule has 0 bridgehead atoms. The van der Waals surface area contributed by atoms with Crippen molar-refractivity contribution in [2.75, 3.05) is 13.6 Å². The molecule has 0 aromatic heterocycles. The topological polar surface area (TPSA) is 70.3 Å². The second-order valence-electron chi connectivity index (χ2n) is 4.20. The Morgan fingerprint density at radius 1 is 1.60 bits per heavy atom. The first kappa shape index (κ1) is 14.4. The van der Waals surface area contributed by atoms with Crippen LogP contribution in [-0.4, -0.2) is 30.5 Å². The lowest BCUT2D eigenvalue weighted by Gasteiger charge is -2.31. The molecule has 5 N–H and O–H groups in total. The maximum absolute atomic E-state index is 9.77. The molecule has 0 spiro atoms. The summed E-state index contributed by atoms with van der Waals surface area (Å²) in [6.45, 7) is 8.28. The van der Waals surface area contributed by atoms with Gasteiger partial charge in [0.1, 0.15) is 5.72 Å². The Bertz CT molecular complexity index is 187. The zero-order valence-corrected chi connectivity index (χ0v) is 10.1. The number of likely N-dealkylation sites (N-methyl/N-ethyl adjacent to an activating group) is 1. The molecule has 0 aromatic carbocycles. The third kappa shape index (κ3) is 6.49. The van der Waals surface area contributed by atoms with Crippen LogP contribution in [0.4, 0.5) is 0 Å². The highest BCUT2D eigenvalue weighted by molar-refractivity contribution is 4.99. The molecule has 2 unspecified atom stereocenters. The maximum atomic E-state index is 9.77. The van der Waals surface area contributed by atoms with Crippen LogP contribution in [-0.2, 0) is 0 Å². The van der Waals surface area contributed by atoms with Gasteiger partial charge in [-0.25, -0.2) is 0 Å². The van der Waals surface area contributed by atoms with Crippen LogP contribution >= 0.6 is 0 Å². The molecule has 0 aliphatic carbocycles. The molecule has 90 valence electrons. The van der Waals surface area contributed by atoms with E-state index in [1.54, 1.807) is 6.92 Å². The third-order valence-corrected chi connectivity index (χ3v) is 2.32. The predicted octanol–water partition coefficient (Wildman–Crippen LogP) is 0.535. The quantitative estimate of drug-likeness (QED) is 0.446. The Morgan fingerprint density at radius 3 is 2.60 bits per heavy atom. The molecule has 4 nitrogen and oxygen atoms in total. The normalized spacial score (nSPS) is 16.9. The number of nitrogens with one attached hydrogen (secondary N) is 2. The lowest BCUT2D eigenvalue weighted by molar-refractivity contribution is 0.0250. The number of hydrogen-bond donors (Lipinski definition) is 4. The van der Waals surface area contributed by atoms with E-state index in [9.17, 15) is 5.11 Å². The zero-order valence-electron chi connectivity index (χ0n) is 10.1. The molecule has 0 aliphatic rings. The molecule has 15 heavy (non-hydrogen) atoms. The summed E-state index contributed by atoms with van der Waals surface area (Å²) in [5, 5.41) is 15.9. The summed E-state index contributed by atoms with van der Waals surface area (Å²) >= 11 is 0. The van der Waals surface area contributed by atoms with Gasteiger partial charge in [-0.05, 0) is 20.4 Å². The molecule has 0 aliphatic heterocycles. The molecule has 0 saturated carbocycles. The van der Waals surface area contributed by atoms with Crippen LogP contribution in [0.25, 0.3) is 0 Å². The van der Waals surface area contributed by atoms with Crippen LogP contribution < -0.4 is 16.4 Å². The highest BCUT2D eigenvalue weighted by Gasteiger charge is 2.26. The van der Waals surface area contributed by atoms with Crippen molar-refractivity contribution in [1.82, 2.24) is 10.6 Å². The zero-order chi connectivity index (χ0) is 11.9. The molecule has 0 rings (SSSR count). The number of rotatable bonds is 8. The van der Waals surface area contributed by atoms with E-state index in [0.717, 1.165) is 25.0 Å². The summed E-state index contributed by atoms with van der Waals surface area (Å²) in [6.07, 6.45) is 2.98. The lowest BCUT2D eigenvalue weighted by Crippen LogP contribution is -2.55.